The van der Waals surface area contributed by atoms with Crippen molar-refractivity contribution in [1.82, 2.24) is 9.80 Å². The van der Waals surface area contributed by atoms with E-state index in [0.29, 0.717) is 6.04 Å². The molecule has 130 valence electrons. The number of hydrogen-bond donors (Lipinski definition) is 1. The number of hydrogen-bond acceptors (Lipinski definition) is 3. The summed E-state index contributed by atoms with van der Waals surface area (Å²) in [6.07, 6.45) is 10.2. The Hall–Kier alpha value is -0.0300. The van der Waals surface area contributed by atoms with Gasteiger partial charge in [-0.1, -0.05) is 12.8 Å². The summed E-state index contributed by atoms with van der Waals surface area (Å²) in [4.78, 5) is 17.4. The summed E-state index contributed by atoms with van der Waals surface area (Å²) in [5.41, 5.74) is 5.81. The molecule has 1 aliphatic carbocycles. The van der Waals surface area contributed by atoms with Gasteiger partial charge in [0.25, 0.3) is 0 Å². The zero-order valence-electron chi connectivity index (χ0n) is 13.5. The summed E-state index contributed by atoms with van der Waals surface area (Å²) in [6, 6.07) is 0.701. The van der Waals surface area contributed by atoms with Crippen LogP contribution >= 0.6 is 24.8 Å². The summed E-state index contributed by atoms with van der Waals surface area (Å²) < 4.78 is 0. The lowest BCUT2D eigenvalue weighted by Gasteiger charge is -2.31. The second-order valence-electron chi connectivity index (χ2n) is 6.98. The van der Waals surface area contributed by atoms with Crippen LogP contribution in [0.3, 0.4) is 0 Å². The van der Waals surface area contributed by atoms with Crippen LogP contribution in [0.4, 0.5) is 0 Å². The van der Waals surface area contributed by atoms with E-state index in [1.165, 1.54) is 32.4 Å². The third kappa shape index (κ3) is 4.28. The second kappa shape index (κ2) is 8.72. The molecule has 2 saturated heterocycles. The van der Waals surface area contributed by atoms with Crippen LogP contribution in [0.1, 0.15) is 57.8 Å². The maximum absolute atomic E-state index is 12.7. The van der Waals surface area contributed by atoms with Crippen molar-refractivity contribution in [2.24, 2.45) is 5.73 Å². The number of amides is 1. The Labute approximate surface area is 147 Å². The Morgan fingerprint density at radius 3 is 2.14 bits per heavy atom. The molecule has 1 amide bonds. The van der Waals surface area contributed by atoms with Crippen molar-refractivity contribution in [3.8, 4) is 0 Å². The molecule has 3 aliphatic rings. The van der Waals surface area contributed by atoms with Crippen molar-refractivity contribution in [3.63, 3.8) is 0 Å². The van der Waals surface area contributed by atoms with E-state index < -0.39 is 5.54 Å². The summed E-state index contributed by atoms with van der Waals surface area (Å²) in [6.45, 7) is 4.36. The van der Waals surface area contributed by atoms with Crippen molar-refractivity contribution < 1.29 is 4.79 Å². The number of likely N-dealkylation sites (tertiary alicyclic amines) is 2. The Kier molecular flexibility index (Phi) is 7.93. The lowest BCUT2D eigenvalue weighted by atomic mass is 9.97. The minimum absolute atomic E-state index is 0. The average Bonchev–Trinajstić information content (AvgIpc) is 3.07. The molecular weight excluding hydrogens is 321 g/mol. The fourth-order valence-electron chi connectivity index (χ4n) is 4.29. The van der Waals surface area contributed by atoms with Crippen LogP contribution in [-0.2, 0) is 4.79 Å². The maximum atomic E-state index is 12.7. The normalized spacial score (nSPS) is 28.6. The van der Waals surface area contributed by atoms with Crippen LogP contribution in [0.2, 0.25) is 0 Å². The van der Waals surface area contributed by atoms with Gasteiger partial charge in [-0.2, -0.15) is 0 Å². The fourth-order valence-corrected chi connectivity index (χ4v) is 4.29. The van der Waals surface area contributed by atoms with Crippen molar-refractivity contribution >= 4 is 30.7 Å². The molecule has 6 heteroatoms. The monoisotopic (exact) mass is 351 g/mol. The van der Waals surface area contributed by atoms with Crippen LogP contribution in [0, 0.1) is 0 Å². The van der Waals surface area contributed by atoms with Gasteiger partial charge in [0.1, 0.15) is 0 Å². The van der Waals surface area contributed by atoms with Gasteiger partial charge in [-0.15, -0.1) is 24.8 Å². The summed E-state index contributed by atoms with van der Waals surface area (Å²) in [5, 5.41) is 0. The number of nitrogens with two attached hydrogens (primary N) is 1. The predicted molar refractivity (Wildman–Crippen MR) is 94.9 cm³/mol. The van der Waals surface area contributed by atoms with Crippen LogP contribution < -0.4 is 5.73 Å². The van der Waals surface area contributed by atoms with Crippen LogP contribution in [0.5, 0.6) is 0 Å². The van der Waals surface area contributed by atoms with Gasteiger partial charge in [0.2, 0.25) is 5.91 Å². The first-order chi connectivity index (χ1) is 9.69. The van der Waals surface area contributed by atoms with Gasteiger partial charge >= 0.3 is 0 Å². The quantitative estimate of drug-likeness (QED) is 0.831. The Morgan fingerprint density at radius 1 is 0.864 bits per heavy atom. The minimum atomic E-state index is -0.534. The third-order valence-electron chi connectivity index (χ3n) is 5.56. The molecule has 2 aliphatic heterocycles. The van der Waals surface area contributed by atoms with Gasteiger partial charge in [0.15, 0.2) is 0 Å². The van der Waals surface area contributed by atoms with E-state index in [1.807, 2.05) is 0 Å². The van der Waals surface area contributed by atoms with Crippen molar-refractivity contribution in [2.45, 2.75) is 69.4 Å². The largest absolute Gasteiger partial charge is 0.341 e. The molecule has 3 rings (SSSR count). The maximum Gasteiger partial charge on any atom is 0.242 e. The fraction of sp³-hybridized carbons (Fsp3) is 0.938. The highest BCUT2D eigenvalue weighted by atomic mass is 35.5. The highest BCUT2D eigenvalue weighted by Gasteiger charge is 2.40. The van der Waals surface area contributed by atoms with Crippen molar-refractivity contribution in [3.05, 3.63) is 0 Å². The second-order valence-corrected chi connectivity index (χ2v) is 6.98. The molecule has 0 aromatic rings. The van der Waals surface area contributed by atoms with Gasteiger partial charge in [-0.05, 0) is 58.0 Å². The van der Waals surface area contributed by atoms with Gasteiger partial charge in [0, 0.05) is 19.1 Å². The minimum Gasteiger partial charge on any atom is -0.341 e. The van der Waals surface area contributed by atoms with E-state index in [0.717, 1.165) is 51.6 Å². The molecule has 0 aromatic heterocycles. The van der Waals surface area contributed by atoms with Crippen LogP contribution in [0.25, 0.3) is 0 Å². The highest BCUT2D eigenvalue weighted by molar-refractivity contribution is 5.86. The molecule has 0 spiro atoms. The lowest BCUT2D eigenvalue weighted by molar-refractivity contribution is -0.136. The van der Waals surface area contributed by atoms with Gasteiger partial charge in [-0.3, -0.25) is 4.79 Å². The summed E-state index contributed by atoms with van der Waals surface area (Å²) in [7, 11) is 0. The molecule has 2 N–H and O–H groups in total. The molecule has 1 saturated carbocycles. The first-order valence-corrected chi connectivity index (χ1v) is 8.51. The zero-order valence-corrected chi connectivity index (χ0v) is 15.1. The Bertz CT molecular complexity index is 355. The molecule has 0 bridgehead atoms. The topological polar surface area (TPSA) is 49.6 Å². The number of rotatable bonds is 2. The smallest absolute Gasteiger partial charge is 0.242 e. The molecule has 1 unspecified atom stereocenters. The highest BCUT2D eigenvalue weighted by Crippen LogP contribution is 2.30. The molecule has 3 fully saturated rings. The molecular formula is C16H31Cl2N3O. The van der Waals surface area contributed by atoms with Gasteiger partial charge in [-0.25, -0.2) is 0 Å². The first-order valence-electron chi connectivity index (χ1n) is 8.51. The number of carbonyl (C=O) groups is 1. The van der Waals surface area contributed by atoms with Crippen LogP contribution in [0.15, 0.2) is 0 Å². The number of halogens is 2. The molecule has 2 heterocycles. The third-order valence-corrected chi connectivity index (χ3v) is 5.56. The van der Waals surface area contributed by atoms with Gasteiger partial charge < -0.3 is 15.5 Å². The number of nitrogens with zero attached hydrogens (tertiary/aromatic N) is 2. The molecule has 1 atom stereocenters. The molecule has 4 nitrogen and oxygen atoms in total. The van der Waals surface area contributed by atoms with E-state index in [2.05, 4.69) is 9.80 Å². The van der Waals surface area contributed by atoms with E-state index in [1.54, 1.807) is 0 Å². The standard InChI is InChI=1S/C16H29N3O.2ClH/c17-16(8-1-2-9-16)15(20)19-12-5-6-14(7-13-19)18-10-3-4-11-18;;/h14H,1-13,17H2;2*1H. The molecule has 0 aromatic carbocycles. The SMILES string of the molecule is Cl.Cl.NC1(C(=O)N2CCCC(N3CCCC3)CC2)CCCC1. The Balaban J connectivity index is 0.00000121. The average molecular weight is 352 g/mol. The zero-order chi connectivity index (χ0) is 14.0. The lowest BCUT2D eigenvalue weighted by Crippen LogP contribution is -2.53. The summed E-state index contributed by atoms with van der Waals surface area (Å²) >= 11 is 0. The van der Waals surface area contributed by atoms with E-state index in [-0.39, 0.29) is 30.7 Å². The predicted octanol–water partition coefficient (Wildman–Crippen LogP) is 2.58. The Morgan fingerprint density at radius 2 is 1.50 bits per heavy atom. The van der Waals surface area contributed by atoms with E-state index in [9.17, 15) is 4.79 Å². The van der Waals surface area contributed by atoms with E-state index in [4.69, 9.17) is 5.73 Å². The van der Waals surface area contributed by atoms with Crippen molar-refractivity contribution in [1.29, 1.82) is 0 Å². The van der Waals surface area contributed by atoms with Crippen LogP contribution in [-0.4, -0.2) is 53.5 Å². The van der Waals surface area contributed by atoms with Gasteiger partial charge in [0.05, 0.1) is 5.54 Å². The molecule has 22 heavy (non-hydrogen) atoms. The first kappa shape index (κ1) is 20.0. The summed E-state index contributed by atoms with van der Waals surface area (Å²) in [5.74, 6) is 0.233. The number of carbonyl (C=O) groups excluding carboxylic acids is 1. The molecule has 0 radical (unpaired) electrons. The van der Waals surface area contributed by atoms with Crippen molar-refractivity contribution in [2.75, 3.05) is 26.2 Å². The van der Waals surface area contributed by atoms with E-state index >= 15 is 0 Å².